The van der Waals surface area contributed by atoms with E-state index < -0.39 is 0 Å². The molecule has 1 aliphatic heterocycles. The minimum atomic E-state index is 0.516. The second kappa shape index (κ2) is 6.93. The molecular formula is C12H19N3OS. The molecule has 2 rings (SSSR count). The lowest BCUT2D eigenvalue weighted by Crippen LogP contribution is -2.38. The number of nitrogens with one attached hydrogen (secondary N) is 1. The molecule has 0 radical (unpaired) electrons. The molecule has 1 N–H and O–H groups in total. The van der Waals surface area contributed by atoms with Gasteiger partial charge in [0.1, 0.15) is 6.33 Å². The average molecular weight is 253 g/mol. The van der Waals surface area contributed by atoms with Crippen LogP contribution in [0.15, 0.2) is 23.6 Å². The second-order valence-corrected chi connectivity index (χ2v) is 5.19. The Balaban J connectivity index is 1.84. The van der Waals surface area contributed by atoms with Gasteiger partial charge in [0.25, 0.3) is 0 Å². The largest absolute Gasteiger partial charge is 0.381 e. The Morgan fingerprint density at radius 3 is 3.24 bits per heavy atom. The molecule has 0 amide bonds. The number of rotatable bonds is 6. The molecule has 1 aromatic rings. The highest BCUT2D eigenvalue weighted by atomic mass is 32.2. The van der Waals surface area contributed by atoms with Crippen molar-refractivity contribution in [2.75, 3.05) is 25.5 Å². The van der Waals surface area contributed by atoms with Gasteiger partial charge in [-0.25, -0.2) is 9.97 Å². The van der Waals surface area contributed by atoms with Crippen LogP contribution >= 0.6 is 11.8 Å². The minimum Gasteiger partial charge on any atom is -0.381 e. The Hall–Kier alpha value is -0.650. The monoisotopic (exact) mass is 253 g/mol. The van der Waals surface area contributed by atoms with Crippen molar-refractivity contribution in [2.24, 2.45) is 5.92 Å². The Morgan fingerprint density at radius 2 is 2.59 bits per heavy atom. The van der Waals surface area contributed by atoms with E-state index in [1.807, 2.05) is 6.07 Å². The van der Waals surface area contributed by atoms with Crippen molar-refractivity contribution in [1.29, 1.82) is 0 Å². The van der Waals surface area contributed by atoms with Gasteiger partial charge in [0.2, 0.25) is 0 Å². The van der Waals surface area contributed by atoms with E-state index in [-0.39, 0.29) is 0 Å². The molecule has 17 heavy (non-hydrogen) atoms. The van der Waals surface area contributed by atoms with Gasteiger partial charge in [-0.1, -0.05) is 6.92 Å². The normalized spacial score (nSPS) is 21.6. The van der Waals surface area contributed by atoms with E-state index in [0.29, 0.717) is 12.0 Å². The first-order valence-corrected chi connectivity index (χ1v) is 7.08. The van der Waals surface area contributed by atoms with Crippen molar-refractivity contribution in [1.82, 2.24) is 15.3 Å². The molecule has 1 saturated heterocycles. The van der Waals surface area contributed by atoms with E-state index in [4.69, 9.17) is 4.74 Å². The van der Waals surface area contributed by atoms with Crippen molar-refractivity contribution in [3.63, 3.8) is 0 Å². The van der Waals surface area contributed by atoms with Crippen LogP contribution in [0.4, 0.5) is 0 Å². The quantitative estimate of drug-likeness (QED) is 0.616. The summed E-state index contributed by atoms with van der Waals surface area (Å²) in [7, 11) is 0. The van der Waals surface area contributed by atoms with Gasteiger partial charge in [-0.2, -0.15) is 0 Å². The van der Waals surface area contributed by atoms with E-state index in [1.165, 1.54) is 6.42 Å². The zero-order chi connectivity index (χ0) is 11.9. The summed E-state index contributed by atoms with van der Waals surface area (Å²) in [6, 6.07) is 2.47. The number of aromatic nitrogens is 2. The van der Waals surface area contributed by atoms with Crippen LogP contribution < -0.4 is 5.32 Å². The van der Waals surface area contributed by atoms with Crippen LogP contribution in [0.3, 0.4) is 0 Å². The maximum Gasteiger partial charge on any atom is 0.116 e. The first kappa shape index (κ1) is 12.8. The number of hydrogen-bond acceptors (Lipinski definition) is 5. The molecule has 5 heteroatoms. The zero-order valence-corrected chi connectivity index (χ0v) is 10.9. The predicted octanol–water partition coefficient (Wildman–Crippen LogP) is 1.58. The maximum atomic E-state index is 5.46. The summed E-state index contributed by atoms with van der Waals surface area (Å²) in [6.45, 7) is 4.95. The van der Waals surface area contributed by atoms with Crippen LogP contribution in [0.5, 0.6) is 0 Å². The van der Waals surface area contributed by atoms with Gasteiger partial charge in [-0.15, -0.1) is 11.8 Å². The van der Waals surface area contributed by atoms with Crippen LogP contribution in [0, 0.1) is 5.92 Å². The summed E-state index contributed by atoms with van der Waals surface area (Å²) in [5, 5.41) is 4.59. The van der Waals surface area contributed by atoms with Crippen molar-refractivity contribution in [2.45, 2.75) is 24.4 Å². The maximum absolute atomic E-state index is 5.46. The third kappa shape index (κ3) is 3.94. The summed E-state index contributed by atoms with van der Waals surface area (Å²) in [5.74, 6) is 1.68. The van der Waals surface area contributed by atoms with Gasteiger partial charge < -0.3 is 10.1 Å². The molecule has 94 valence electrons. The zero-order valence-electron chi connectivity index (χ0n) is 10.1. The SMILES string of the molecule is CCNC(CSc1ccncn1)C1CCOC1. The fourth-order valence-electron chi connectivity index (χ4n) is 2.03. The molecule has 0 aliphatic carbocycles. The Labute approximate surface area is 107 Å². The number of thioether (sulfide) groups is 1. The van der Waals surface area contributed by atoms with Crippen molar-refractivity contribution in [3.8, 4) is 0 Å². The molecule has 2 heterocycles. The highest BCUT2D eigenvalue weighted by Crippen LogP contribution is 2.22. The Morgan fingerprint density at radius 1 is 1.65 bits per heavy atom. The molecule has 0 bridgehead atoms. The van der Waals surface area contributed by atoms with Crippen LogP contribution in [0.1, 0.15) is 13.3 Å². The fraction of sp³-hybridized carbons (Fsp3) is 0.667. The smallest absolute Gasteiger partial charge is 0.116 e. The third-order valence-electron chi connectivity index (χ3n) is 2.97. The van der Waals surface area contributed by atoms with Crippen molar-refractivity contribution in [3.05, 3.63) is 18.6 Å². The van der Waals surface area contributed by atoms with Crippen molar-refractivity contribution >= 4 is 11.8 Å². The number of nitrogens with zero attached hydrogens (tertiary/aromatic N) is 2. The fourth-order valence-corrected chi connectivity index (χ4v) is 3.05. The lowest BCUT2D eigenvalue weighted by atomic mass is 10.0. The van der Waals surface area contributed by atoms with Crippen LogP contribution in [-0.4, -0.2) is 41.5 Å². The molecule has 1 aromatic heterocycles. The first-order valence-electron chi connectivity index (χ1n) is 6.10. The lowest BCUT2D eigenvalue weighted by Gasteiger charge is -2.22. The average Bonchev–Trinajstić information content (AvgIpc) is 2.89. The standard InChI is InChI=1S/C12H19N3OS/c1-2-14-11(10-4-6-16-7-10)8-17-12-3-5-13-9-15-12/h3,5,9-11,14H,2,4,6-8H2,1H3. The van der Waals surface area contributed by atoms with Crippen LogP contribution in [0.25, 0.3) is 0 Å². The third-order valence-corrected chi connectivity index (χ3v) is 4.03. The van der Waals surface area contributed by atoms with E-state index >= 15 is 0 Å². The number of ether oxygens (including phenoxy) is 1. The van der Waals surface area contributed by atoms with Crippen LogP contribution in [0.2, 0.25) is 0 Å². The van der Waals surface area contributed by atoms with Crippen molar-refractivity contribution < 1.29 is 4.74 Å². The molecule has 0 spiro atoms. The Bertz CT molecular complexity index is 317. The highest BCUT2D eigenvalue weighted by Gasteiger charge is 2.25. The molecular weight excluding hydrogens is 234 g/mol. The Kier molecular flexibility index (Phi) is 5.22. The van der Waals surface area contributed by atoms with E-state index in [9.17, 15) is 0 Å². The summed E-state index contributed by atoms with van der Waals surface area (Å²) in [4.78, 5) is 8.16. The number of hydrogen-bond donors (Lipinski definition) is 1. The molecule has 0 aromatic carbocycles. The molecule has 2 atom stereocenters. The van der Waals surface area contributed by atoms with E-state index in [1.54, 1.807) is 24.3 Å². The molecule has 2 unspecified atom stereocenters. The van der Waals surface area contributed by atoms with Gasteiger partial charge >= 0.3 is 0 Å². The van der Waals surface area contributed by atoms with Gasteiger partial charge in [0.05, 0.1) is 11.6 Å². The predicted molar refractivity (Wildman–Crippen MR) is 69.1 cm³/mol. The van der Waals surface area contributed by atoms with Crippen LogP contribution in [-0.2, 0) is 4.74 Å². The summed E-state index contributed by atoms with van der Waals surface area (Å²) < 4.78 is 5.46. The summed E-state index contributed by atoms with van der Waals surface area (Å²) >= 11 is 1.79. The van der Waals surface area contributed by atoms with Gasteiger partial charge in [-0.05, 0) is 19.0 Å². The lowest BCUT2D eigenvalue weighted by molar-refractivity contribution is 0.179. The second-order valence-electron chi connectivity index (χ2n) is 4.15. The van der Waals surface area contributed by atoms with Gasteiger partial charge in [-0.3, -0.25) is 0 Å². The highest BCUT2D eigenvalue weighted by molar-refractivity contribution is 7.99. The molecule has 0 saturated carbocycles. The first-order chi connectivity index (χ1) is 8.40. The minimum absolute atomic E-state index is 0.516. The van der Waals surface area contributed by atoms with Gasteiger partial charge in [0.15, 0.2) is 0 Å². The van der Waals surface area contributed by atoms with E-state index in [2.05, 4.69) is 22.2 Å². The van der Waals surface area contributed by atoms with E-state index in [0.717, 1.165) is 30.5 Å². The van der Waals surface area contributed by atoms with Gasteiger partial charge in [0, 0.05) is 30.5 Å². The summed E-state index contributed by atoms with van der Waals surface area (Å²) in [5.41, 5.74) is 0. The summed E-state index contributed by atoms with van der Waals surface area (Å²) in [6.07, 6.45) is 4.56. The topological polar surface area (TPSA) is 47.0 Å². The molecule has 1 aliphatic rings. The molecule has 4 nitrogen and oxygen atoms in total. The molecule has 1 fully saturated rings.